The van der Waals surface area contributed by atoms with Crippen LogP contribution in [0.2, 0.25) is 0 Å². The van der Waals surface area contributed by atoms with Crippen LogP contribution in [0, 0.1) is 11.6 Å². The summed E-state index contributed by atoms with van der Waals surface area (Å²) in [6, 6.07) is 3.95. The largest absolute Gasteiger partial charge is 0.356 e. The van der Waals surface area contributed by atoms with Crippen molar-refractivity contribution in [1.29, 1.82) is 0 Å². The first kappa shape index (κ1) is 21.5. The third kappa shape index (κ3) is 5.68. The fourth-order valence-corrected chi connectivity index (χ4v) is 4.25. The van der Waals surface area contributed by atoms with Crippen molar-refractivity contribution in [3.63, 3.8) is 0 Å². The SMILES string of the molecule is CN=C(NCCCc1nnc(SC)n1C1CCCC1)NCc1cc(F)ccc1F. The number of nitrogens with one attached hydrogen (secondary N) is 2. The Kier molecular flexibility index (Phi) is 7.85. The molecule has 1 aromatic heterocycles. The molecule has 29 heavy (non-hydrogen) atoms. The molecule has 2 aromatic rings. The van der Waals surface area contributed by atoms with Crippen molar-refractivity contribution < 1.29 is 8.78 Å². The molecule has 0 unspecified atom stereocenters. The van der Waals surface area contributed by atoms with Crippen molar-refractivity contribution >= 4 is 17.7 Å². The number of nitrogens with zero attached hydrogens (tertiary/aromatic N) is 4. The van der Waals surface area contributed by atoms with Crippen molar-refractivity contribution in [1.82, 2.24) is 25.4 Å². The number of thioether (sulfide) groups is 1. The lowest BCUT2D eigenvalue weighted by atomic mass is 10.2. The van der Waals surface area contributed by atoms with Gasteiger partial charge in [0.1, 0.15) is 17.5 Å². The van der Waals surface area contributed by atoms with Crippen LogP contribution in [-0.2, 0) is 13.0 Å². The van der Waals surface area contributed by atoms with Crippen LogP contribution < -0.4 is 10.6 Å². The maximum atomic E-state index is 13.7. The summed E-state index contributed by atoms with van der Waals surface area (Å²) in [7, 11) is 1.65. The molecular formula is C20H28F2N6S. The molecule has 1 aromatic carbocycles. The number of hydrogen-bond acceptors (Lipinski definition) is 4. The maximum Gasteiger partial charge on any atom is 0.191 e. The summed E-state index contributed by atoms with van der Waals surface area (Å²) in [5.41, 5.74) is 0.266. The van der Waals surface area contributed by atoms with Crippen molar-refractivity contribution in [2.75, 3.05) is 19.8 Å². The lowest BCUT2D eigenvalue weighted by Crippen LogP contribution is -2.37. The Morgan fingerprint density at radius 1 is 1.24 bits per heavy atom. The number of halogens is 2. The highest BCUT2D eigenvalue weighted by molar-refractivity contribution is 7.98. The second-order valence-corrected chi connectivity index (χ2v) is 7.88. The van der Waals surface area contributed by atoms with Gasteiger partial charge in [0.2, 0.25) is 0 Å². The van der Waals surface area contributed by atoms with Gasteiger partial charge in [-0.05, 0) is 43.7 Å². The van der Waals surface area contributed by atoms with E-state index in [2.05, 4.69) is 30.4 Å². The van der Waals surface area contributed by atoms with Crippen LogP contribution in [0.5, 0.6) is 0 Å². The number of benzene rings is 1. The second kappa shape index (κ2) is 10.6. The number of hydrogen-bond donors (Lipinski definition) is 2. The zero-order chi connectivity index (χ0) is 20.6. The summed E-state index contributed by atoms with van der Waals surface area (Å²) in [5.74, 6) is 0.691. The van der Waals surface area contributed by atoms with Crippen LogP contribution in [-0.4, -0.2) is 40.6 Å². The van der Waals surface area contributed by atoms with Crippen LogP contribution in [0.1, 0.15) is 49.5 Å². The van der Waals surface area contributed by atoms with Gasteiger partial charge in [-0.2, -0.15) is 0 Å². The van der Waals surface area contributed by atoms with E-state index >= 15 is 0 Å². The van der Waals surface area contributed by atoms with Gasteiger partial charge in [-0.3, -0.25) is 4.99 Å². The Hall–Kier alpha value is -2.16. The third-order valence-corrected chi connectivity index (χ3v) is 5.80. The number of aliphatic imine (C=N–C) groups is 1. The minimum Gasteiger partial charge on any atom is -0.356 e. The molecule has 0 amide bonds. The van der Waals surface area contributed by atoms with E-state index in [1.54, 1.807) is 18.8 Å². The quantitative estimate of drug-likeness (QED) is 0.294. The van der Waals surface area contributed by atoms with Crippen molar-refractivity contribution in [2.45, 2.75) is 56.3 Å². The zero-order valence-electron chi connectivity index (χ0n) is 16.9. The Morgan fingerprint density at radius 2 is 2.03 bits per heavy atom. The summed E-state index contributed by atoms with van der Waals surface area (Å²) in [6.45, 7) is 0.855. The standard InChI is InChI=1S/C20H28F2N6S/c1-23-19(25-13-14-12-15(21)9-10-17(14)22)24-11-5-8-18-26-27-20(29-2)28(18)16-6-3-4-7-16/h9-10,12,16H,3-8,11,13H2,1-2H3,(H2,23,24,25). The molecule has 1 saturated carbocycles. The monoisotopic (exact) mass is 422 g/mol. The van der Waals surface area contributed by atoms with Gasteiger partial charge in [-0.1, -0.05) is 24.6 Å². The molecule has 0 aliphatic heterocycles. The number of aromatic nitrogens is 3. The predicted molar refractivity (Wildman–Crippen MR) is 112 cm³/mol. The Morgan fingerprint density at radius 3 is 2.76 bits per heavy atom. The second-order valence-electron chi connectivity index (χ2n) is 7.10. The Balaban J connectivity index is 1.48. The molecule has 0 bridgehead atoms. The number of aryl methyl sites for hydroxylation is 1. The van der Waals surface area contributed by atoms with Gasteiger partial charge in [0.05, 0.1) is 0 Å². The molecule has 1 fully saturated rings. The Bertz CT molecular complexity index is 832. The molecule has 0 spiro atoms. The summed E-state index contributed by atoms with van der Waals surface area (Å²) in [5, 5.41) is 16.0. The van der Waals surface area contributed by atoms with Crippen molar-refractivity contribution in [3.8, 4) is 0 Å². The number of guanidine groups is 1. The van der Waals surface area contributed by atoms with Gasteiger partial charge in [-0.25, -0.2) is 8.78 Å². The van der Waals surface area contributed by atoms with E-state index in [1.165, 1.54) is 31.7 Å². The molecule has 2 N–H and O–H groups in total. The predicted octanol–water partition coefficient (Wildman–Crippen LogP) is 3.69. The molecular weight excluding hydrogens is 394 g/mol. The number of rotatable bonds is 8. The third-order valence-electron chi connectivity index (χ3n) is 5.15. The molecule has 1 aliphatic carbocycles. The van der Waals surface area contributed by atoms with Gasteiger partial charge < -0.3 is 15.2 Å². The molecule has 1 aliphatic rings. The van der Waals surface area contributed by atoms with Crippen molar-refractivity contribution in [3.05, 3.63) is 41.2 Å². The van der Waals surface area contributed by atoms with Gasteiger partial charge >= 0.3 is 0 Å². The van der Waals surface area contributed by atoms with E-state index in [1.807, 2.05) is 6.26 Å². The molecule has 9 heteroatoms. The summed E-state index contributed by atoms with van der Waals surface area (Å²) >= 11 is 1.64. The van der Waals surface area contributed by atoms with Crippen LogP contribution in [0.15, 0.2) is 28.3 Å². The molecule has 0 radical (unpaired) electrons. The Labute approximate surface area is 174 Å². The maximum absolute atomic E-state index is 13.7. The van der Waals surface area contributed by atoms with E-state index in [9.17, 15) is 8.78 Å². The minimum absolute atomic E-state index is 0.163. The van der Waals surface area contributed by atoms with Crippen LogP contribution in [0.4, 0.5) is 8.78 Å². The summed E-state index contributed by atoms with van der Waals surface area (Å²) in [6.07, 6.45) is 8.67. The van der Waals surface area contributed by atoms with E-state index in [0.717, 1.165) is 36.0 Å². The van der Waals surface area contributed by atoms with E-state index < -0.39 is 11.6 Å². The summed E-state index contributed by atoms with van der Waals surface area (Å²) in [4.78, 5) is 4.14. The van der Waals surface area contributed by atoms with Gasteiger partial charge in [-0.15, -0.1) is 10.2 Å². The summed E-state index contributed by atoms with van der Waals surface area (Å²) < 4.78 is 29.3. The lowest BCUT2D eigenvalue weighted by Gasteiger charge is -2.16. The highest BCUT2D eigenvalue weighted by Gasteiger charge is 2.23. The smallest absolute Gasteiger partial charge is 0.191 e. The van der Waals surface area contributed by atoms with Crippen LogP contribution >= 0.6 is 11.8 Å². The van der Waals surface area contributed by atoms with Crippen molar-refractivity contribution in [2.24, 2.45) is 4.99 Å². The first-order valence-corrected chi connectivity index (χ1v) is 11.2. The zero-order valence-corrected chi connectivity index (χ0v) is 17.7. The fraction of sp³-hybridized carbons (Fsp3) is 0.550. The van der Waals surface area contributed by atoms with Crippen LogP contribution in [0.25, 0.3) is 0 Å². The highest BCUT2D eigenvalue weighted by atomic mass is 32.2. The minimum atomic E-state index is -0.456. The lowest BCUT2D eigenvalue weighted by molar-refractivity contribution is 0.460. The molecule has 3 rings (SSSR count). The van der Waals surface area contributed by atoms with E-state index in [-0.39, 0.29) is 12.1 Å². The van der Waals surface area contributed by atoms with E-state index in [4.69, 9.17) is 0 Å². The van der Waals surface area contributed by atoms with Gasteiger partial charge in [0.15, 0.2) is 11.1 Å². The molecule has 1 heterocycles. The first-order chi connectivity index (χ1) is 14.1. The average molecular weight is 423 g/mol. The molecule has 158 valence electrons. The van der Waals surface area contributed by atoms with Gasteiger partial charge in [0.25, 0.3) is 0 Å². The highest BCUT2D eigenvalue weighted by Crippen LogP contribution is 2.33. The fourth-order valence-electron chi connectivity index (χ4n) is 3.68. The molecule has 0 atom stereocenters. The van der Waals surface area contributed by atoms with Crippen LogP contribution in [0.3, 0.4) is 0 Å². The average Bonchev–Trinajstić information content (AvgIpc) is 3.39. The normalized spacial score (nSPS) is 15.1. The topological polar surface area (TPSA) is 67.1 Å². The molecule has 6 nitrogen and oxygen atoms in total. The first-order valence-electron chi connectivity index (χ1n) is 9.98. The van der Waals surface area contributed by atoms with E-state index in [0.29, 0.717) is 18.5 Å². The van der Waals surface area contributed by atoms with Gasteiger partial charge in [0, 0.05) is 38.2 Å². The molecule has 0 saturated heterocycles.